The number of nitrogens with one attached hydrogen (secondary N) is 1. The maximum Gasteiger partial charge on any atom is 0.268 e. The van der Waals surface area contributed by atoms with Gasteiger partial charge in [0.25, 0.3) is 5.91 Å². The molecule has 2 aromatic rings. The van der Waals surface area contributed by atoms with Crippen LogP contribution in [0.1, 0.15) is 42.6 Å². The summed E-state index contributed by atoms with van der Waals surface area (Å²) in [6.45, 7) is 3.74. The monoisotopic (exact) mass is 412 g/mol. The molecule has 2 amide bonds. The van der Waals surface area contributed by atoms with Crippen molar-refractivity contribution in [2.45, 2.75) is 39.2 Å². The summed E-state index contributed by atoms with van der Waals surface area (Å²) < 4.78 is 18.6. The molecule has 2 aromatic carbocycles. The molecule has 1 N–H and O–H groups in total. The Bertz CT molecular complexity index is 943. The van der Waals surface area contributed by atoms with Gasteiger partial charge in [-0.25, -0.2) is 4.39 Å². The fourth-order valence-electron chi connectivity index (χ4n) is 3.31. The van der Waals surface area contributed by atoms with Gasteiger partial charge in [0.2, 0.25) is 5.91 Å². The van der Waals surface area contributed by atoms with Crippen LogP contribution in [0.4, 0.5) is 10.1 Å². The van der Waals surface area contributed by atoms with Crippen LogP contribution in [-0.2, 0) is 16.0 Å². The van der Waals surface area contributed by atoms with E-state index in [0.29, 0.717) is 36.4 Å². The molecule has 3 rings (SSSR count). The number of nitrogens with zero attached hydrogens (tertiary/aromatic N) is 1. The van der Waals surface area contributed by atoms with E-state index < -0.39 is 6.10 Å². The van der Waals surface area contributed by atoms with Crippen molar-refractivity contribution in [3.8, 4) is 5.75 Å². The third-order valence-corrected chi connectivity index (χ3v) is 4.92. The normalized spacial score (nSPS) is 15.4. The Morgan fingerprint density at radius 2 is 1.90 bits per heavy atom. The minimum Gasteiger partial charge on any atom is -0.479 e. The molecule has 0 radical (unpaired) electrons. The predicted molar refractivity (Wildman–Crippen MR) is 111 cm³/mol. The number of ketones is 1. The van der Waals surface area contributed by atoms with Gasteiger partial charge in [-0.15, -0.1) is 0 Å². The number of hydrogen-bond donors (Lipinski definition) is 1. The van der Waals surface area contributed by atoms with Crippen LogP contribution in [0.5, 0.6) is 5.75 Å². The molecule has 30 heavy (non-hydrogen) atoms. The molecule has 1 atom stereocenters. The molecule has 158 valence electrons. The van der Waals surface area contributed by atoms with Gasteiger partial charge in [0, 0.05) is 18.5 Å². The summed E-state index contributed by atoms with van der Waals surface area (Å²) in [5, 5.41) is 2.78. The molecular weight excluding hydrogens is 387 g/mol. The number of carbonyl (C=O) groups is 3. The fourth-order valence-corrected chi connectivity index (χ4v) is 3.31. The minimum absolute atomic E-state index is 0.0185. The fraction of sp³-hybridized carbons (Fsp3) is 0.348. The Hall–Kier alpha value is -3.22. The van der Waals surface area contributed by atoms with E-state index in [2.05, 4.69) is 5.32 Å². The van der Waals surface area contributed by atoms with E-state index in [0.717, 1.165) is 12.0 Å². The molecule has 0 fully saturated rings. The van der Waals surface area contributed by atoms with Crippen LogP contribution in [0, 0.1) is 5.82 Å². The van der Waals surface area contributed by atoms with Crippen LogP contribution >= 0.6 is 0 Å². The van der Waals surface area contributed by atoms with Gasteiger partial charge in [0.1, 0.15) is 18.1 Å². The number of halogens is 1. The first-order valence-electron chi connectivity index (χ1n) is 10.1. The molecule has 1 aliphatic heterocycles. The lowest BCUT2D eigenvalue weighted by Crippen LogP contribution is -2.49. The molecule has 0 saturated heterocycles. The molecule has 0 saturated carbocycles. The number of benzene rings is 2. The summed E-state index contributed by atoms with van der Waals surface area (Å²) in [5.41, 5.74) is 1.81. The minimum atomic E-state index is -0.721. The molecule has 1 unspecified atom stereocenters. The first-order valence-corrected chi connectivity index (χ1v) is 10.1. The van der Waals surface area contributed by atoms with E-state index in [4.69, 9.17) is 4.74 Å². The van der Waals surface area contributed by atoms with Crippen molar-refractivity contribution in [2.75, 3.05) is 18.0 Å². The average Bonchev–Trinajstić information content (AvgIpc) is 2.73. The van der Waals surface area contributed by atoms with Crippen LogP contribution in [0.2, 0.25) is 0 Å². The predicted octanol–water partition coefficient (Wildman–Crippen LogP) is 3.28. The van der Waals surface area contributed by atoms with Crippen LogP contribution in [0.15, 0.2) is 42.5 Å². The maximum atomic E-state index is 13.0. The summed E-state index contributed by atoms with van der Waals surface area (Å²) >= 11 is 0. The second-order valence-corrected chi connectivity index (χ2v) is 7.27. The molecule has 0 bridgehead atoms. The van der Waals surface area contributed by atoms with E-state index in [1.807, 2.05) is 6.92 Å². The molecule has 0 spiro atoms. The number of amides is 2. The van der Waals surface area contributed by atoms with E-state index >= 15 is 0 Å². The van der Waals surface area contributed by atoms with Crippen molar-refractivity contribution in [3.63, 3.8) is 0 Å². The van der Waals surface area contributed by atoms with Crippen molar-refractivity contribution in [3.05, 3.63) is 59.4 Å². The van der Waals surface area contributed by atoms with Crippen LogP contribution in [0.25, 0.3) is 0 Å². The topological polar surface area (TPSA) is 75.7 Å². The quantitative estimate of drug-likeness (QED) is 0.675. The van der Waals surface area contributed by atoms with Crippen molar-refractivity contribution in [1.82, 2.24) is 5.32 Å². The third kappa shape index (κ3) is 5.03. The van der Waals surface area contributed by atoms with E-state index in [-0.39, 0.29) is 30.0 Å². The lowest BCUT2D eigenvalue weighted by Gasteiger charge is -2.32. The zero-order valence-corrected chi connectivity index (χ0v) is 17.1. The van der Waals surface area contributed by atoms with Crippen LogP contribution < -0.4 is 15.0 Å². The summed E-state index contributed by atoms with van der Waals surface area (Å²) in [5.74, 6) is -0.519. The Balaban J connectivity index is 1.68. The SMILES string of the molecule is CCCC(=O)c1ccc2c(c1)N(CC(=O)NCCc1ccc(F)cc1)C(=O)C(C)O2. The van der Waals surface area contributed by atoms with Crippen molar-refractivity contribution < 1.29 is 23.5 Å². The zero-order valence-electron chi connectivity index (χ0n) is 17.1. The van der Waals surface area contributed by atoms with Crippen LogP contribution in [-0.4, -0.2) is 36.8 Å². The van der Waals surface area contributed by atoms with Crippen molar-refractivity contribution in [2.24, 2.45) is 0 Å². The van der Waals surface area contributed by atoms with Crippen molar-refractivity contribution in [1.29, 1.82) is 0 Å². The first-order chi connectivity index (χ1) is 14.4. The van der Waals surface area contributed by atoms with Gasteiger partial charge in [0.05, 0.1) is 5.69 Å². The highest BCUT2D eigenvalue weighted by Gasteiger charge is 2.33. The Morgan fingerprint density at radius 1 is 1.17 bits per heavy atom. The summed E-state index contributed by atoms with van der Waals surface area (Å²) in [6.07, 6.45) is 0.962. The van der Waals surface area contributed by atoms with Crippen LogP contribution in [0.3, 0.4) is 0 Å². The highest BCUT2D eigenvalue weighted by molar-refractivity contribution is 6.05. The Labute approximate surface area is 175 Å². The summed E-state index contributed by atoms with van der Waals surface area (Å²) in [7, 11) is 0. The van der Waals surface area contributed by atoms with Gasteiger partial charge in [-0.05, 0) is 55.7 Å². The second-order valence-electron chi connectivity index (χ2n) is 7.27. The van der Waals surface area contributed by atoms with E-state index in [1.54, 1.807) is 37.3 Å². The number of rotatable bonds is 8. The van der Waals surface area contributed by atoms with Gasteiger partial charge < -0.3 is 10.1 Å². The average molecular weight is 412 g/mol. The number of fused-ring (bicyclic) bond motifs is 1. The van der Waals surface area contributed by atoms with Gasteiger partial charge in [-0.2, -0.15) is 0 Å². The maximum absolute atomic E-state index is 13.0. The molecule has 0 aromatic heterocycles. The number of ether oxygens (including phenoxy) is 1. The van der Waals surface area contributed by atoms with Crippen molar-refractivity contribution >= 4 is 23.3 Å². The number of anilines is 1. The summed E-state index contributed by atoms with van der Waals surface area (Å²) in [6, 6.07) is 11.0. The molecule has 1 heterocycles. The molecule has 1 aliphatic rings. The van der Waals surface area contributed by atoms with E-state index in [1.165, 1.54) is 17.0 Å². The number of hydrogen-bond acceptors (Lipinski definition) is 4. The lowest BCUT2D eigenvalue weighted by molar-refractivity contribution is -0.128. The second kappa shape index (κ2) is 9.52. The van der Waals surface area contributed by atoms with Gasteiger partial charge >= 0.3 is 0 Å². The first kappa shape index (κ1) is 21.5. The lowest BCUT2D eigenvalue weighted by atomic mass is 10.0. The number of carbonyl (C=O) groups excluding carboxylic acids is 3. The van der Waals surface area contributed by atoms with E-state index in [9.17, 15) is 18.8 Å². The third-order valence-electron chi connectivity index (χ3n) is 4.92. The molecular formula is C23H25FN2O4. The number of Topliss-reactive ketones (excluding diaryl/α,β-unsaturated/α-hetero) is 1. The Kier molecular flexibility index (Phi) is 6.82. The largest absolute Gasteiger partial charge is 0.479 e. The zero-order chi connectivity index (χ0) is 21.7. The summed E-state index contributed by atoms with van der Waals surface area (Å²) in [4.78, 5) is 38.7. The van der Waals surface area contributed by atoms with Gasteiger partial charge in [0.15, 0.2) is 11.9 Å². The molecule has 0 aliphatic carbocycles. The Morgan fingerprint density at radius 3 is 2.60 bits per heavy atom. The molecule has 7 heteroatoms. The molecule has 6 nitrogen and oxygen atoms in total. The smallest absolute Gasteiger partial charge is 0.268 e. The van der Waals surface area contributed by atoms with Gasteiger partial charge in [-0.1, -0.05) is 19.1 Å². The van der Waals surface area contributed by atoms with Gasteiger partial charge in [-0.3, -0.25) is 19.3 Å². The standard InChI is InChI=1S/C23H25FN2O4/c1-3-4-20(27)17-7-10-21-19(13-17)26(23(29)15(2)30-21)14-22(28)25-12-11-16-5-8-18(24)9-6-16/h5-10,13,15H,3-4,11-12,14H2,1-2H3,(H,25,28). The highest BCUT2D eigenvalue weighted by atomic mass is 19.1. The highest BCUT2D eigenvalue weighted by Crippen LogP contribution is 2.35.